The van der Waals surface area contributed by atoms with Crippen LogP contribution in [0, 0.1) is 5.82 Å². The van der Waals surface area contributed by atoms with Crippen molar-refractivity contribution in [1.82, 2.24) is 20.3 Å². The highest BCUT2D eigenvalue weighted by atomic mass is 35.5. The Hall–Kier alpha value is -2.83. The summed E-state index contributed by atoms with van der Waals surface area (Å²) in [6, 6.07) is 12.3. The topological polar surface area (TPSA) is 53.9 Å². The zero-order valence-electron chi connectivity index (χ0n) is 16.1. The Kier molecular flexibility index (Phi) is 4.11. The zero-order valence-corrected chi connectivity index (χ0v) is 16.9. The van der Waals surface area contributed by atoms with Crippen LogP contribution in [0.25, 0.3) is 32.9 Å². The number of rotatable bonds is 2. The number of nitrogens with zero attached hydrogens (tertiary/aromatic N) is 4. The largest absolute Gasteiger partial charge is 0.353 e. The molecule has 7 heteroatoms. The zero-order chi connectivity index (χ0) is 20.2. The van der Waals surface area contributed by atoms with Crippen LogP contribution in [0.4, 0.5) is 10.2 Å². The van der Waals surface area contributed by atoms with Crippen molar-refractivity contribution < 1.29 is 4.39 Å². The lowest BCUT2D eigenvalue weighted by Crippen LogP contribution is -2.51. The molecule has 2 atom stereocenters. The number of halogens is 2. The molecule has 0 amide bonds. The van der Waals surface area contributed by atoms with Crippen LogP contribution in [-0.2, 0) is 0 Å². The van der Waals surface area contributed by atoms with Gasteiger partial charge in [-0.3, -0.25) is 4.98 Å². The molecule has 2 aromatic heterocycles. The molecule has 0 radical (unpaired) electrons. The molecular formula is C23H19ClFN5. The second kappa shape index (κ2) is 6.86. The lowest BCUT2D eigenvalue weighted by Gasteiger charge is -2.34. The molecule has 0 unspecified atom stereocenters. The molecule has 2 aliphatic heterocycles. The monoisotopic (exact) mass is 419 g/mol. The van der Waals surface area contributed by atoms with Crippen molar-refractivity contribution in [3.05, 3.63) is 59.8 Å². The van der Waals surface area contributed by atoms with Crippen LogP contribution >= 0.6 is 11.6 Å². The minimum atomic E-state index is -0.443. The third kappa shape index (κ3) is 2.75. The van der Waals surface area contributed by atoms with E-state index in [-0.39, 0.29) is 5.69 Å². The Morgan fingerprint density at radius 2 is 1.77 bits per heavy atom. The molecule has 6 rings (SSSR count). The molecule has 0 spiro atoms. The Balaban J connectivity index is 1.52. The van der Waals surface area contributed by atoms with E-state index in [1.165, 1.54) is 19.2 Å². The second-order valence-corrected chi connectivity index (χ2v) is 8.47. The summed E-state index contributed by atoms with van der Waals surface area (Å²) < 4.78 is 15.7. The summed E-state index contributed by atoms with van der Waals surface area (Å²) in [5, 5.41) is 6.57. The highest BCUT2D eigenvalue weighted by Crippen LogP contribution is 2.37. The number of fused-ring (bicyclic) bond motifs is 4. The smallest absolute Gasteiger partial charge is 0.175 e. The molecule has 30 heavy (non-hydrogen) atoms. The van der Waals surface area contributed by atoms with Gasteiger partial charge in [0.05, 0.1) is 5.39 Å². The van der Waals surface area contributed by atoms with Crippen molar-refractivity contribution in [2.45, 2.75) is 24.9 Å². The van der Waals surface area contributed by atoms with Crippen molar-refractivity contribution in [2.24, 2.45) is 0 Å². The summed E-state index contributed by atoms with van der Waals surface area (Å²) >= 11 is 6.45. The van der Waals surface area contributed by atoms with Crippen LogP contribution in [0.1, 0.15) is 12.8 Å². The van der Waals surface area contributed by atoms with Gasteiger partial charge >= 0.3 is 0 Å². The molecule has 150 valence electrons. The summed E-state index contributed by atoms with van der Waals surface area (Å²) in [7, 11) is 0. The number of nitrogens with one attached hydrogen (secondary N) is 1. The Morgan fingerprint density at radius 1 is 1.00 bits per heavy atom. The van der Waals surface area contributed by atoms with Gasteiger partial charge in [-0.2, -0.15) is 0 Å². The number of aromatic nitrogens is 3. The molecule has 5 nitrogen and oxygen atoms in total. The van der Waals surface area contributed by atoms with Crippen LogP contribution in [0.15, 0.2) is 48.9 Å². The number of hydrogen-bond donors (Lipinski definition) is 1. The number of benzene rings is 2. The second-order valence-electron chi connectivity index (χ2n) is 8.07. The van der Waals surface area contributed by atoms with E-state index in [1.54, 1.807) is 6.20 Å². The molecule has 4 heterocycles. The maximum absolute atomic E-state index is 15.7. The maximum atomic E-state index is 15.7. The molecule has 0 aliphatic carbocycles. The van der Waals surface area contributed by atoms with Gasteiger partial charge in [0, 0.05) is 47.3 Å². The molecule has 2 bridgehead atoms. The lowest BCUT2D eigenvalue weighted by atomic mass is 10.0. The summed E-state index contributed by atoms with van der Waals surface area (Å²) in [6.45, 7) is 1.73. The molecule has 2 aromatic carbocycles. The molecule has 0 saturated carbocycles. The van der Waals surface area contributed by atoms with Gasteiger partial charge in [0.25, 0.3) is 0 Å². The molecule has 2 saturated heterocycles. The van der Waals surface area contributed by atoms with Gasteiger partial charge in [-0.15, -0.1) is 0 Å². The number of pyridine rings is 1. The molecule has 4 aromatic rings. The highest BCUT2D eigenvalue weighted by molar-refractivity contribution is 6.36. The molecule has 1 N–H and O–H groups in total. The fourth-order valence-electron chi connectivity index (χ4n) is 4.88. The SMILES string of the molecule is Fc1c(-c2cccc3cccc(Cl)c23)ncc2c(N3C[C@H]4CC[C@@H](C3)N4)ncnc12. The minimum Gasteiger partial charge on any atom is -0.353 e. The Bertz CT molecular complexity index is 1280. The van der Waals surface area contributed by atoms with E-state index in [9.17, 15) is 0 Å². The van der Waals surface area contributed by atoms with Crippen molar-refractivity contribution in [3.8, 4) is 11.3 Å². The fraction of sp³-hybridized carbons (Fsp3) is 0.261. The van der Waals surface area contributed by atoms with E-state index < -0.39 is 5.82 Å². The van der Waals surface area contributed by atoms with Crippen molar-refractivity contribution in [1.29, 1.82) is 0 Å². The third-order valence-corrected chi connectivity index (χ3v) is 6.54. The van der Waals surface area contributed by atoms with Crippen LogP contribution in [0.2, 0.25) is 5.02 Å². The van der Waals surface area contributed by atoms with E-state index >= 15 is 4.39 Å². The third-order valence-electron chi connectivity index (χ3n) is 6.23. The Labute approximate surface area is 177 Å². The molecular weight excluding hydrogens is 401 g/mol. The van der Waals surface area contributed by atoms with Gasteiger partial charge in [0.1, 0.15) is 23.4 Å². The summed E-state index contributed by atoms with van der Waals surface area (Å²) in [5.41, 5.74) is 1.21. The predicted octanol–water partition coefficient (Wildman–Crippen LogP) is 4.58. The first-order valence-corrected chi connectivity index (χ1v) is 10.5. The van der Waals surface area contributed by atoms with E-state index in [4.69, 9.17) is 11.6 Å². The standard InChI is InChI=1S/C23H19ClFN5/c24-18-6-2-4-13-3-1-5-16(19(13)18)21-20(25)22-17(9-26-21)23(28-12-27-22)30-10-14-7-8-15(11-30)29-14/h1-6,9,12,14-15,29H,7-8,10-11H2/t14-,15+. The van der Waals surface area contributed by atoms with Gasteiger partial charge in [-0.25, -0.2) is 14.4 Å². The summed E-state index contributed by atoms with van der Waals surface area (Å²) in [4.78, 5) is 15.5. The van der Waals surface area contributed by atoms with Crippen LogP contribution < -0.4 is 10.2 Å². The average molecular weight is 420 g/mol. The number of anilines is 1. The van der Waals surface area contributed by atoms with Crippen LogP contribution in [0.5, 0.6) is 0 Å². The molecule has 2 fully saturated rings. The van der Waals surface area contributed by atoms with Gasteiger partial charge in [0.15, 0.2) is 5.82 Å². The number of piperazine rings is 1. The maximum Gasteiger partial charge on any atom is 0.175 e. The first-order chi connectivity index (χ1) is 14.7. The van der Waals surface area contributed by atoms with Gasteiger partial charge in [0.2, 0.25) is 0 Å². The van der Waals surface area contributed by atoms with E-state index in [1.807, 2.05) is 36.4 Å². The first-order valence-electron chi connectivity index (χ1n) is 10.2. The fourth-order valence-corrected chi connectivity index (χ4v) is 5.16. The predicted molar refractivity (Wildman–Crippen MR) is 117 cm³/mol. The van der Waals surface area contributed by atoms with Crippen LogP contribution in [0.3, 0.4) is 0 Å². The van der Waals surface area contributed by atoms with Crippen molar-refractivity contribution in [2.75, 3.05) is 18.0 Å². The minimum absolute atomic E-state index is 0.256. The highest BCUT2D eigenvalue weighted by Gasteiger charge is 2.33. The number of hydrogen-bond acceptors (Lipinski definition) is 5. The normalized spacial score (nSPS) is 20.9. The van der Waals surface area contributed by atoms with Crippen molar-refractivity contribution >= 4 is 39.1 Å². The van der Waals surface area contributed by atoms with Gasteiger partial charge < -0.3 is 10.2 Å². The van der Waals surface area contributed by atoms with E-state index in [2.05, 4.69) is 25.2 Å². The first kappa shape index (κ1) is 18.0. The van der Waals surface area contributed by atoms with E-state index in [0.717, 1.165) is 29.7 Å². The molecule has 2 aliphatic rings. The van der Waals surface area contributed by atoms with Crippen LogP contribution in [-0.4, -0.2) is 40.1 Å². The van der Waals surface area contributed by atoms with Gasteiger partial charge in [-0.1, -0.05) is 41.9 Å². The average Bonchev–Trinajstić information content (AvgIpc) is 3.11. The van der Waals surface area contributed by atoms with E-state index in [0.29, 0.717) is 33.6 Å². The lowest BCUT2D eigenvalue weighted by molar-refractivity contribution is 0.464. The summed E-state index contributed by atoms with van der Waals surface area (Å²) in [5.74, 6) is 0.314. The summed E-state index contributed by atoms with van der Waals surface area (Å²) in [6.07, 6.45) is 5.48. The Morgan fingerprint density at radius 3 is 2.57 bits per heavy atom. The van der Waals surface area contributed by atoms with Crippen molar-refractivity contribution in [3.63, 3.8) is 0 Å². The van der Waals surface area contributed by atoms with Gasteiger partial charge in [-0.05, 0) is 24.3 Å². The quantitative estimate of drug-likeness (QED) is 0.515.